The third-order valence-electron chi connectivity index (χ3n) is 2.71. The Hall–Kier alpha value is -1.91. The van der Waals surface area contributed by atoms with E-state index in [-0.39, 0.29) is 47.6 Å². The number of nitro benzene ring substituents is 1. The summed E-state index contributed by atoms with van der Waals surface area (Å²) in [6, 6.07) is 4.84. The van der Waals surface area contributed by atoms with Gasteiger partial charge in [0.1, 0.15) is 0 Å². The molecule has 1 rings (SSSR count). The second-order valence-corrected chi connectivity index (χ2v) is 6.24. The molecule has 1 aromatic carbocycles. The van der Waals surface area contributed by atoms with Gasteiger partial charge < -0.3 is 10.6 Å². The van der Waals surface area contributed by atoms with Gasteiger partial charge in [-0.2, -0.15) is 0 Å². The average Bonchev–Trinajstić information content (AvgIpc) is 2.56. The van der Waals surface area contributed by atoms with Crippen LogP contribution in [0.15, 0.2) is 34.2 Å². The van der Waals surface area contributed by atoms with Crippen molar-refractivity contribution in [3.8, 4) is 12.3 Å². The Morgan fingerprint density at radius 1 is 1.40 bits per heavy atom. The summed E-state index contributed by atoms with van der Waals surface area (Å²) >= 11 is 0. The molecule has 25 heavy (non-hydrogen) atoms. The number of hydrogen-bond acceptors (Lipinski definition) is 5. The molecule has 0 saturated carbocycles. The average molecular weight is 481 g/mol. The van der Waals surface area contributed by atoms with Gasteiger partial charge >= 0.3 is 0 Å². The molecular weight excluding hydrogens is 461 g/mol. The zero-order valence-electron chi connectivity index (χ0n) is 13.6. The van der Waals surface area contributed by atoms with Gasteiger partial charge in [0.05, 0.1) is 22.9 Å². The number of nitrogens with zero attached hydrogens (tertiary/aromatic N) is 2. The molecule has 9 nitrogen and oxygen atoms in total. The number of guanidine groups is 1. The highest BCUT2D eigenvalue weighted by atomic mass is 127. The fourth-order valence-electron chi connectivity index (χ4n) is 1.67. The second-order valence-electron chi connectivity index (χ2n) is 4.47. The Morgan fingerprint density at radius 3 is 2.72 bits per heavy atom. The van der Waals surface area contributed by atoms with Crippen molar-refractivity contribution in [1.29, 1.82) is 0 Å². The van der Waals surface area contributed by atoms with E-state index in [1.165, 1.54) is 18.2 Å². The predicted molar refractivity (Wildman–Crippen MR) is 107 cm³/mol. The summed E-state index contributed by atoms with van der Waals surface area (Å²) < 4.78 is 26.6. The van der Waals surface area contributed by atoms with E-state index >= 15 is 0 Å². The summed E-state index contributed by atoms with van der Waals surface area (Å²) in [5, 5.41) is 16.5. The molecule has 0 heterocycles. The first-order valence-electron chi connectivity index (χ1n) is 7.10. The normalized spacial score (nSPS) is 11.1. The fourth-order valence-corrected chi connectivity index (χ4v) is 2.73. The minimum atomic E-state index is -3.84. The number of hydrogen-bond donors (Lipinski definition) is 3. The highest BCUT2D eigenvalue weighted by Crippen LogP contribution is 2.16. The number of non-ortho nitro benzene ring substituents is 1. The van der Waals surface area contributed by atoms with Crippen LogP contribution in [0.25, 0.3) is 0 Å². The Balaban J connectivity index is 0.00000576. The Morgan fingerprint density at radius 2 is 2.12 bits per heavy atom. The van der Waals surface area contributed by atoms with Gasteiger partial charge in [-0.15, -0.1) is 30.4 Å². The zero-order chi connectivity index (χ0) is 18.0. The van der Waals surface area contributed by atoms with Crippen LogP contribution in [-0.4, -0.2) is 45.5 Å². The lowest BCUT2D eigenvalue weighted by Crippen LogP contribution is -2.38. The molecule has 0 atom stereocenters. The number of nitrogens with one attached hydrogen (secondary N) is 3. The van der Waals surface area contributed by atoms with Crippen molar-refractivity contribution in [3.63, 3.8) is 0 Å². The first kappa shape index (κ1) is 23.1. The Labute approximate surface area is 163 Å². The molecule has 0 aliphatic rings. The van der Waals surface area contributed by atoms with Crippen molar-refractivity contribution in [3.05, 3.63) is 34.4 Å². The first-order chi connectivity index (χ1) is 11.4. The number of benzene rings is 1. The first-order valence-corrected chi connectivity index (χ1v) is 8.58. The van der Waals surface area contributed by atoms with Crippen molar-refractivity contribution >= 4 is 45.6 Å². The minimum absolute atomic E-state index is 0. The van der Waals surface area contributed by atoms with Gasteiger partial charge in [-0.25, -0.2) is 13.1 Å². The summed E-state index contributed by atoms with van der Waals surface area (Å²) in [5.41, 5.74) is -0.288. The van der Waals surface area contributed by atoms with Crippen molar-refractivity contribution in [2.45, 2.75) is 11.8 Å². The van der Waals surface area contributed by atoms with Gasteiger partial charge in [0.2, 0.25) is 10.0 Å². The Bertz CT molecular complexity index is 746. The molecule has 0 spiro atoms. The summed E-state index contributed by atoms with van der Waals surface area (Å²) in [5.74, 6) is 2.89. The van der Waals surface area contributed by atoms with E-state index in [1.54, 1.807) is 0 Å². The quantitative estimate of drug-likeness (QED) is 0.0954. The zero-order valence-corrected chi connectivity index (χ0v) is 16.7. The summed E-state index contributed by atoms with van der Waals surface area (Å²) in [6.07, 6.45) is 5.15. The SMILES string of the molecule is C#CCNC(=NCCNS(=O)(=O)c1cccc([N+](=O)[O-])c1)NCC.I. The number of rotatable bonds is 8. The molecule has 0 aliphatic heterocycles. The lowest BCUT2D eigenvalue weighted by atomic mass is 10.3. The summed E-state index contributed by atoms with van der Waals surface area (Å²) in [6.45, 7) is 3.03. The molecule has 0 unspecified atom stereocenters. The smallest absolute Gasteiger partial charge is 0.270 e. The monoisotopic (exact) mass is 481 g/mol. The predicted octanol–water partition coefficient (Wildman–Crippen LogP) is 0.679. The minimum Gasteiger partial charge on any atom is -0.357 e. The third kappa shape index (κ3) is 8.14. The summed E-state index contributed by atoms with van der Waals surface area (Å²) in [4.78, 5) is 14.0. The van der Waals surface area contributed by atoms with Gasteiger partial charge in [-0.3, -0.25) is 15.1 Å². The molecule has 138 valence electrons. The highest BCUT2D eigenvalue weighted by Gasteiger charge is 2.16. The van der Waals surface area contributed by atoms with Crippen molar-refractivity contribution in [1.82, 2.24) is 15.4 Å². The molecule has 0 saturated heterocycles. The fraction of sp³-hybridized carbons (Fsp3) is 0.357. The van der Waals surface area contributed by atoms with Crippen LogP contribution >= 0.6 is 24.0 Å². The van der Waals surface area contributed by atoms with Crippen LogP contribution in [0.4, 0.5) is 5.69 Å². The van der Waals surface area contributed by atoms with Crippen LogP contribution in [0.3, 0.4) is 0 Å². The largest absolute Gasteiger partial charge is 0.357 e. The highest BCUT2D eigenvalue weighted by molar-refractivity contribution is 14.0. The maximum absolute atomic E-state index is 12.1. The topological polar surface area (TPSA) is 126 Å². The molecule has 0 radical (unpaired) electrons. The van der Waals surface area contributed by atoms with Gasteiger partial charge in [-0.05, 0) is 13.0 Å². The van der Waals surface area contributed by atoms with Crippen molar-refractivity contribution in [2.75, 3.05) is 26.2 Å². The van der Waals surface area contributed by atoms with Gasteiger partial charge in [0.25, 0.3) is 5.69 Å². The molecule has 0 aliphatic carbocycles. The van der Waals surface area contributed by atoms with Gasteiger partial charge in [0, 0.05) is 25.2 Å². The van der Waals surface area contributed by atoms with E-state index in [4.69, 9.17) is 6.42 Å². The number of nitro groups is 1. The molecule has 0 amide bonds. The Kier molecular flexibility index (Phi) is 10.7. The summed E-state index contributed by atoms with van der Waals surface area (Å²) in [7, 11) is -3.84. The van der Waals surface area contributed by atoms with E-state index in [1.807, 2.05) is 6.92 Å². The number of aliphatic imine (C=N–C) groups is 1. The molecule has 1 aromatic rings. The third-order valence-corrected chi connectivity index (χ3v) is 4.17. The van der Waals surface area contributed by atoms with E-state index in [0.29, 0.717) is 19.0 Å². The van der Waals surface area contributed by atoms with Crippen LogP contribution in [-0.2, 0) is 10.0 Å². The van der Waals surface area contributed by atoms with E-state index in [2.05, 4.69) is 26.3 Å². The molecule has 0 fully saturated rings. The lowest BCUT2D eigenvalue weighted by molar-refractivity contribution is -0.385. The standard InChI is InChI=1S/C14H19N5O4S.HI/c1-3-8-16-14(15-4-2)17-9-10-18-24(22,23)13-7-5-6-12(11-13)19(20)21;/h1,5-7,11,18H,4,8-10H2,2H3,(H2,15,16,17);1H. The van der Waals surface area contributed by atoms with Crippen molar-refractivity contribution < 1.29 is 13.3 Å². The van der Waals surface area contributed by atoms with E-state index in [9.17, 15) is 18.5 Å². The number of terminal acetylenes is 1. The molecule has 0 bridgehead atoms. The molecular formula is C14H20IN5O4S. The van der Waals surface area contributed by atoms with Crippen LogP contribution in [0.2, 0.25) is 0 Å². The molecule has 11 heteroatoms. The van der Waals surface area contributed by atoms with Crippen LogP contribution in [0, 0.1) is 22.5 Å². The van der Waals surface area contributed by atoms with E-state index < -0.39 is 14.9 Å². The van der Waals surface area contributed by atoms with Gasteiger partial charge in [-0.1, -0.05) is 12.0 Å². The lowest BCUT2D eigenvalue weighted by Gasteiger charge is -2.09. The molecule has 3 N–H and O–H groups in total. The van der Waals surface area contributed by atoms with Crippen LogP contribution in [0.1, 0.15) is 6.92 Å². The number of halogens is 1. The molecule has 0 aromatic heterocycles. The second kappa shape index (κ2) is 11.6. The maximum atomic E-state index is 12.1. The van der Waals surface area contributed by atoms with Crippen LogP contribution < -0.4 is 15.4 Å². The number of sulfonamides is 1. The maximum Gasteiger partial charge on any atom is 0.270 e. The van der Waals surface area contributed by atoms with Gasteiger partial charge in [0.15, 0.2) is 5.96 Å². The van der Waals surface area contributed by atoms with Crippen LogP contribution in [0.5, 0.6) is 0 Å². The van der Waals surface area contributed by atoms with Crippen molar-refractivity contribution in [2.24, 2.45) is 4.99 Å². The van der Waals surface area contributed by atoms with E-state index in [0.717, 1.165) is 6.07 Å².